The summed E-state index contributed by atoms with van der Waals surface area (Å²) in [6, 6.07) is 17.4. The zero-order chi connectivity index (χ0) is 23.0. The highest BCUT2D eigenvalue weighted by molar-refractivity contribution is 7.95. The van der Waals surface area contributed by atoms with Gasteiger partial charge >= 0.3 is 0 Å². The van der Waals surface area contributed by atoms with Crippen molar-refractivity contribution < 1.29 is 22.7 Å². The number of carbonyl (C=O) groups excluding carboxylic acids is 1. The van der Waals surface area contributed by atoms with Gasteiger partial charge in [0.2, 0.25) is 9.84 Å². The standard InChI is InChI=1S/C25H22FNO4S/c1-3-17-6-12-20(13-7-17)27-22(18-8-10-19(26)11-9-18)24(23(28)25(27)29)32(30,31)21-14-4-16(2)5-15-21/h4-15,22,28H,3H2,1-2H3/t22-/m0/s1. The van der Waals surface area contributed by atoms with Gasteiger partial charge in [-0.25, -0.2) is 12.8 Å². The van der Waals surface area contributed by atoms with Gasteiger partial charge in [0, 0.05) is 5.69 Å². The van der Waals surface area contributed by atoms with Crippen LogP contribution in [0.15, 0.2) is 88.4 Å². The average molecular weight is 452 g/mol. The summed E-state index contributed by atoms with van der Waals surface area (Å²) in [6.07, 6.45) is 0.798. The number of anilines is 1. The molecule has 1 atom stereocenters. The van der Waals surface area contributed by atoms with Gasteiger partial charge < -0.3 is 5.11 Å². The second-order valence-electron chi connectivity index (χ2n) is 7.68. The number of carbonyl (C=O) groups is 1. The number of benzene rings is 3. The SMILES string of the molecule is CCc1ccc(N2C(=O)C(O)=C(S(=O)(=O)c3ccc(C)cc3)[C@@H]2c2ccc(F)cc2)cc1. The summed E-state index contributed by atoms with van der Waals surface area (Å²) in [4.78, 5) is 13.9. The van der Waals surface area contributed by atoms with Crippen molar-refractivity contribution in [1.82, 2.24) is 0 Å². The van der Waals surface area contributed by atoms with Gasteiger partial charge in [-0.15, -0.1) is 0 Å². The first-order chi connectivity index (χ1) is 15.2. The number of hydrogen-bond acceptors (Lipinski definition) is 4. The van der Waals surface area contributed by atoms with Crippen LogP contribution in [0.25, 0.3) is 0 Å². The number of hydrogen-bond donors (Lipinski definition) is 1. The highest BCUT2D eigenvalue weighted by atomic mass is 32.2. The molecule has 7 heteroatoms. The smallest absolute Gasteiger partial charge is 0.295 e. The van der Waals surface area contributed by atoms with E-state index in [1.165, 1.54) is 41.3 Å². The Morgan fingerprint density at radius 3 is 2.09 bits per heavy atom. The molecule has 5 nitrogen and oxygen atoms in total. The molecule has 3 aromatic rings. The Bertz CT molecular complexity index is 1300. The number of amides is 1. The molecule has 0 unspecified atom stereocenters. The van der Waals surface area contributed by atoms with Crippen molar-refractivity contribution in [3.05, 3.63) is 106 Å². The summed E-state index contributed by atoms with van der Waals surface area (Å²) in [5.74, 6) is -2.15. The molecule has 0 saturated carbocycles. The molecule has 0 saturated heterocycles. The molecule has 0 spiro atoms. The molecule has 4 rings (SSSR count). The maximum absolute atomic E-state index is 13.6. The second kappa shape index (κ2) is 8.24. The van der Waals surface area contributed by atoms with Crippen LogP contribution in [0.2, 0.25) is 0 Å². The summed E-state index contributed by atoms with van der Waals surface area (Å²) in [5.41, 5.74) is 2.72. The third-order valence-corrected chi connectivity index (χ3v) is 7.48. The molecule has 32 heavy (non-hydrogen) atoms. The number of halogens is 1. The summed E-state index contributed by atoms with van der Waals surface area (Å²) in [6.45, 7) is 3.83. The van der Waals surface area contributed by atoms with Crippen LogP contribution in [0, 0.1) is 12.7 Å². The first kappa shape index (κ1) is 21.8. The van der Waals surface area contributed by atoms with Crippen molar-refractivity contribution in [3.63, 3.8) is 0 Å². The zero-order valence-electron chi connectivity index (χ0n) is 17.6. The van der Waals surface area contributed by atoms with Crippen molar-refractivity contribution >= 4 is 21.4 Å². The molecule has 3 aromatic carbocycles. The maximum atomic E-state index is 13.6. The van der Waals surface area contributed by atoms with E-state index in [0.29, 0.717) is 11.3 Å². The lowest BCUT2D eigenvalue weighted by Gasteiger charge is -2.27. The fourth-order valence-electron chi connectivity index (χ4n) is 3.81. The third kappa shape index (κ3) is 3.69. The molecule has 164 valence electrons. The number of aliphatic hydroxyl groups is 1. The molecule has 1 aliphatic rings. The molecule has 0 radical (unpaired) electrons. The molecule has 1 N–H and O–H groups in total. The lowest BCUT2D eigenvalue weighted by Crippen LogP contribution is -2.31. The van der Waals surface area contributed by atoms with Crippen molar-refractivity contribution in [3.8, 4) is 0 Å². The van der Waals surface area contributed by atoms with Crippen LogP contribution in [0.5, 0.6) is 0 Å². The lowest BCUT2D eigenvalue weighted by atomic mass is 10.1. The predicted octanol–water partition coefficient (Wildman–Crippen LogP) is 5.03. The van der Waals surface area contributed by atoms with Gasteiger partial charge in [-0.1, -0.05) is 48.9 Å². The predicted molar refractivity (Wildman–Crippen MR) is 120 cm³/mol. The first-order valence-corrected chi connectivity index (χ1v) is 11.6. The van der Waals surface area contributed by atoms with E-state index in [1.807, 2.05) is 26.0 Å². The molecule has 0 bridgehead atoms. The monoisotopic (exact) mass is 451 g/mol. The minimum atomic E-state index is -4.23. The second-order valence-corrected chi connectivity index (χ2v) is 9.60. The molecule has 0 aromatic heterocycles. The molecule has 1 aliphatic heterocycles. The Labute approximate surface area is 186 Å². The van der Waals surface area contributed by atoms with Gasteiger partial charge in [0.25, 0.3) is 5.91 Å². The number of nitrogens with zero attached hydrogens (tertiary/aromatic N) is 1. The van der Waals surface area contributed by atoms with Crippen LogP contribution in [-0.2, 0) is 21.1 Å². The van der Waals surface area contributed by atoms with Crippen molar-refractivity contribution in [2.24, 2.45) is 0 Å². The van der Waals surface area contributed by atoms with Crippen LogP contribution in [-0.4, -0.2) is 19.4 Å². The summed E-state index contributed by atoms with van der Waals surface area (Å²) >= 11 is 0. The average Bonchev–Trinajstić information content (AvgIpc) is 3.06. The summed E-state index contributed by atoms with van der Waals surface area (Å²) in [7, 11) is -4.23. The molecular formula is C25H22FNO4S. The van der Waals surface area contributed by atoms with Gasteiger partial charge in [-0.3, -0.25) is 9.69 Å². The zero-order valence-corrected chi connectivity index (χ0v) is 18.4. The lowest BCUT2D eigenvalue weighted by molar-refractivity contribution is -0.117. The molecule has 1 heterocycles. The van der Waals surface area contributed by atoms with Crippen molar-refractivity contribution in [2.45, 2.75) is 31.2 Å². The maximum Gasteiger partial charge on any atom is 0.295 e. The highest BCUT2D eigenvalue weighted by Crippen LogP contribution is 2.44. The van der Waals surface area contributed by atoms with E-state index in [2.05, 4.69) is 0 Å². The Hall–Kier alpha value is -3.45. The number of aryl methyl sites for hydroxylation is 2. The molecule has 0 fully saturated rings. The van der Waals surface area contributed by atoms with E-state index < -0.39 is 38.3 Å². The van der Waals surface area contributed by atoms with Crippen LogP contribution < -0.4 is 4.90 Å². The van der Waals surface area contributed by atoms with Crippen molar-refractivity contribution in [2.75, 3.05) is 4.90 Å². The minimum Gasteiger partial charge on any atom is -0.502 e. The highest BCUT2D eigenvalue weighted by Gasteiger charge is 2.47. The summed E-state index contributed by atoms with van der Waals surface area (Å²) in [5, 5.41) is 10.8. The number of rotatable bonds is 5. The van der Waals surface area contributed by atoms with Gasteiger partial charge in [-0.05, 0) is 60.9 Å². The van der Waals surface area contributed by atoms with E-state index in [9.17, 15) is 22.7 Å². The summed E-state index contributed by atoms with van der Waals surface area (Å²) < 4.78 is 40.7. The van der Waals surface area contributed by atoms with Crippen LogP contribution in [0.4, 0.5) is 10.1 Å². The quantitative estimate of drug-likeness (QED) is 0.591. The topological polar surface area (TPSA) is 74.7 Å². The van der Waals surface area contributed by atoms with E-state index >= 15 is 0 Å². The fourth-order valence-corrected chi connectivity index (χ4v) is 5.43. The van der Waals surface area contributed by atoms with Gasteiger partial charge in [0.05, 0.1) is 4.90 Å². The first-order valence-electron chi connectivity index (χ1n) is 10.2. The Morgan fingerprint density at radius 2 is 1.53 bits per heavy atom. The normalized spacial score (nSPS) is 16.7. The van der Waals surface area contributed by atoms with Gasteiger partial charge in [0.15, 0.2) is 5.76 Å². The van der Waals surface area contributed by atoms with E-state index in [1.54, 1.807) is 24.3 Å². The van der Waals surface area contributed by atoms with Crippen LogP contribution in [0.1, 0.15) is 29.7 Å². The molecular weight excluding hydrogens is 429 g/mol. The molecule has 1 amide bonds. The van der Waals surface area contributed by atoms with E-state index in [4.69, 9.17) is 0 Å². The van der Waals surface area contributed by atoms with Crippen LogP contribution in [0.3, 0.4) is 0 Å². The minimum absolute atomic E-state index is 0.0345. The Kier molecular flexibility index (Phi) is 5.60. The van der Waals surface area contributed by atoms with Crippen molar-refractivity contribution in [1.29, 1.82) is 0 Å². The number of aliphatic hydroxyl groups excluding tert-OH is 1. The number of sulfone groups is 1. The molecule has 0 aliphatic carbocycles. The Balaban J connectivity index is 1.91. The largest absolute Gasteiger partial charge is 0.502 e. The Morgan fingerprint density at radius 1 is 0.938 bits per heavy atom. The van der Waals surface area contributed by atoms with Crippen LogP contribution >= 0.6 is 0 Å². The van der Waals surface area contributed by atoms with Gasteiger partial charge in [0.1, 0.15) is 16.8 Å². The third-order valence-electron chi connectivity index (χ3n) is 5.59. The van der Waals surface area contributed by atoms with E-state index in [-0.39, 0.29) is 4.90 Å². The van der Waals surface area contributed by atoms with E-state index in [0.717, 1.165) is 17.5 Å². The van der Waals surface area contributed by atoms with Gasteiger partial charge in [-0.2, -0.15) is 0 Å². The fraction of sp³-hybridized carbons (Fsp3) is 0.160.